The van der Waals surface area contributed by atoms with E-state index < -0.39 is 0 Å². The van der Waals surface area contributed by atoms with Crippen LogP contribution >= 0.6 is 12.2 Å². The van der Waals surface area contributed by atoms with Gasteiger partial charge in [0.2, 0.25) is 0 Å². The number of aryl methyl sites for hydroxylation is 1. The van der Waals surface area contributed by atoms with Gasteiger partial charge in [0.05, 0.1) is 12.0 Å². The van der Waals surface area contributed by atoms with Crippen molar-refractivity contribution in [3.05, 3.63) is 29.3 Å². The Morgan fingerprint density at radius 2 is 2.29 bits per heavy atom. The molecule has 0 saturated heterocycles. The van der Waals surface area contributed by atoms with Crippen molar-refractivity contribution in [2.75, 3.05) is 7.05 Å². The highest BCUT2D eigenvalue weighted by Gasteiger charge is 1.98. The van der Waals surface area contributed by atoms with E-state index in [1.807, 2.05) is 19.2 Å². The fraction of sp³-hybridized carbons (Fsp3) is 0.273. The van der Waals surface area contributed by atoms with Gasteiger partial charge in [0.25, 0.3) is 0 Å². The van der Waals surface area contributed by atoms with Gasteiger partial charge in [-0.2, -0.15) is 0 Å². The monoisotopic (exact) mass is 206 g/mol. The fourth-order valence-electron chi connectivity index (χ4n) is 1.22. The largest absolute Gasteiger partial charge is 0.379 e. The second kappa shape index (κ2) is 5.50. The zero-order valence-electron chi connectivity index (χ0n) is 8.45. The van der Waals surface area contributed by atoms with Gasteiger partial charge in [0, 0.05) is 12.4 Å². The fourth-order valence-corrected chi connectivity index (χ4v) is 1.37. The molecule has 0 bridgehead atoms. The van der Waals surface area contributed by atoms with Gasteiger partial charge in [0.1, 0.15) is 0 Å². The molecule has 74 valence electrons. The first-order chi connectivity index (χ1) is 6.81. The zero-order chi connectivity index (χ0) is 10.4. The number of nitrogens with one attached hydrogen (secondary N) is 1. The second-order valence-electron chi connectivity index (χ2n) is 2.91. The summed E-state index contributed by atoms with van der Waals surface area (Å²) in [5.74, 6) is 0. The van der Waals surface area contributed by atoms with E-state index in [4.69, 9.17) is 12.2 Å². The second-order valence-corrected chi connectivity index (χ2v) is 3.14. The number of benzene rings is 1. The molecule has 2 nitrogen and oxygen atoms in total. The predicted molar refractivity (Wildman–Crippen MR) is 65.8 cm³/mol. The van der Waals surface area contributed by atoms with E-state index in [-0.39, 0.29) is 0 Å². The van der Waals surface area contributed by atoms with E-state index >= 15 is 0 Å². The maximum atomic E-state index is 4.88. The Balaban J connectivity index is 3.04. The van der Waals surface area contributed by atoms with Crippen LogP contribution in [0.4, 0.5) is 5.69 Å². The number of aliphatic imine (C=N–C) groups is 1. The van der Waals surface area contributed by atoms with E-state index in [1.165, 1.54) is 5.56 Å². The highest BCUT2D eigenvalue weighted by molar-refractivity contribution is 7.79. The summed E-state index contributed by atoms with van der Waals surface area (Å²) in [4.78, 5) is 4.29. The first-order valence-corrected chi connectivity index (χ1v) is 5.06. The summed E-state index contributed by atoms with van der Waals surface area (Å²) < 4.78 is 0. The molecule has 0 fully saturated rings. The van der Waals surface area contributed by atoms with Gasteiger partial charge in [-0.3, -0.25) is 0 Å². The van der Waals surface area contributed by atoms with Crippen LogP contribution in [-0.4, -0.2) is 18.8 Å². The van der Waals surface area contributed by atoms with Gasteiger partial charge >= 0.3 is 0 Å². The maximum absolute atomic E-state index is 4.88. The normalized spacial score (nSPS) is 10.4. The molecule has 1 N–H and O–H groups in total. The maximum Gasteiger partial charge on any atom is 0.0883 e. The van der Waals surface area contributed by atoms with Crippen LogP contribution in [0.1, 0.15) is 18.1 Å². The lowest BCUT2D eigenvalue weighted by atomic mass is 10.1. The number of nitrogens with zero attached hydrogens (tertiary/aromatic N) is 1. The minimum absolute atomic E-state index is 0.966. The van der Waals surface area contributed by atoms with E-state index in [0.717, 1.165) is 17.7 Å². The van der Waals surface area contributed by atoms with Gasteiger partial charge in [-0.25, -0.2) is 4.99 Å². The summed E-state index contributed by atoms with van der Waals surface area (Å²) in [6.45, 7) is 2.11. The highest BCUT2D eigenvalue weighted by atomic mass is 32.1. The van der Waals surface area contributed by atoms with Crippen molar-refractivity contribution in [2.24, 2.45) is 4.99 Å². The average Bonchev–Trinajstić information content (AvgIpc) is 2.26. The Morgan fingerprint density at radius 1 is 1.50 bits per heavy atom. The van der Waals surface area contributed by atoms with Crippen LogP contribution in [0.15, 0.2) is 23.2 Å². The molecule has 0 aromatic heterocycles. The Kier molecular flexibility index (Phi) is 4.26. The topological polar surface area (TPSA) is 24.4 Å². The smallest absolute Gasteiger partial charge is 0.0883 e. The van der Waals surface area contributed by atoms with Crippen LogP contribution in [0.2, 0.25) is 0 Å². The lowest BCUT2D eigenvalue weighted by Crippen LogP contribution is -2.00. The summed E-state index contributed by atoms with van der Waals surface area (Å²) in [5, 5.41) is 4.56. The Morgan fingerprint density at radius 3 is 2.86 bits per heavy atom. The summed E-state index contributed by atoms with van der Waals surface area (Å²) in [5.41, 5.74) is 3.29. The lowest BCUT2D eigenvalue weighted by Gasteiger charge is -2.03. The molecule has 0 amide bonds. The van der Waals surface area contributed by atoms with Crippen LogP contribution < -0.4 is 5.32 Å². The average molecular weight is 206 g/mol. The standard InChI is InChI=1S/C11H14N2S/c1-3-10-6-9(7-14)4-5-11(10)13-8-12-2/h4-8H,3H2,1-2H3,(H,12,13). The Hall–Kier alpha value is -1.22. The SMILES string of the molecule is CCc1cc(C=S)ccc1N=CNC. The Bertz CT molecular complexity index is 345. The minimum Gasteiger partial charge on any atom is -0.379 e. The molecule has 0 aliphatic rings. The van der Waals surface area contributed by atoms with Crippen molar-refractivity contribution in [1.29, 1.82) is 0 Å². The van der Waals surface area contributed by atoms with E-state index in [1.54, 1.807) is 11.7 Å². The summed E-state index contributed by atoms with van der Waals surface area (Å²) in [6.07, 6.45) is 2.65. The van der Waals surface area contributed by atoms with Crippen LogP contribution in [0.5, 0.6) is 0 Å². The number of thiocarbonyl (C=S) groups is 1. The molecule has 14 heavy (non-hydrogen) atoms. The van der Waals surface area contributed by atoms with Crippen molar-refractivity contribution in [1.82, 2.24) is 5.32 Å². The molecule has 0 aliphatic heterocycles. The van der Waals surface area contributed by atoms with Crippen LogP contribution in [-0.2, 0) is 6.42 Å². The van der Waals surface area contributed by atoms with Crippen molar-refractivity contribution in [2.45, 2.75) is 13.3 Å². The first-order valence-electron chi connectivity index (χ1n) is 4.59. The number of rotatable bonds is 4. The summed E-state index contributed by atoms with van der Waals surface area (Å²) in [6, 6.07) is 6.05. The minimum atomic E-state index is 0.966. The van der Waals surface area contributed by atoms with Crippen molar-refractivity contribution in [3.8, 4) is 0 Å². The van der Waals surface area contributed by atoms with Crippen molar-refractivity contribution >= 4 is 29.6 Å². The molecular weight excluding hydrogens is 192 g/mol. The number of hydrogen-bond donors (Lipinski definition) is 1. The van der Waals surface area contributed by atoms with Crippen LogP contribution in [0, 0.1) is 0 Å². The van der Waals surface area contributed by atoms with Crippen LogP contribution in [0.25, 0.3) is 0 Å². The predicted octanol–water partition coefficient (Wildman–Crippen LogP) is 2.48. The van der Waals surface area contributed by atoms with E-state index in [9.17, 15) is 0 Å². The molecule has 0 radical (unpaired) electrons. The molecule has 0 saturated carbocycles. The lowest BCUT2D eigenvalue weighted by molar-refractivity contribution is 1.13. The molecule has 0 heterocycles. The molecule has 0 atom stereocenters. The summed E-state index contributed by atoms with van der Waals surface area (Å²) >= 11 is 4.88. The highest BCUT2D eigenvalue weighted by Crippen LogP contribution is 2.20. The molecule has 0 unspecified atom stereocenters. The van der Waals surface area contributed by atoms with Gasteiger partial charge in [-0.1, -0.05) is 25.2 Å². The van der Waals surface area contributed by atoms with Crippen molar-refractivity contribution < 1.29 is 0 Å². The van der Waals surface area contributed by atoms with E-state index in [0.29, 0.717) is 0 Å². The van der Waals surface area contributed by atoms with Gasteiger partial charge in [0.15, 0.2) is 0 Å². The summed E-state index contributed by atoms with van der Waals surface area (Å²) in [7, 11) is 1.83. The molecule has 0 aliphatic carbocycles. The molecule has 1 aromatic rings. The quantitative estimate of drug-likeness (QED) is 0.465. The van der Waals surface area contributed by atoms with Gasteiger partial charge in [-0.15, -0.1) is 0 Å². The number of hydrogen-bond acceptors (Lipinski definition) is 2. The molecule has 0 spiro atoms. The zero-order valence-corrected chi connectivity index (χ0v) is 9.27. The van der Waals surface area contributed by atoms with Gasteiger partial charge in [-0.05, 0) is 29.7 Å². The molecule has 1 rings (SSSR count). The third-order valence-corrected chi connectivity index (χ3v) is 2.23. The molecular formula is C11H14N2S. The third-order valence-electron chi connectivity index (χ3n) is 1.95. The van der Waals surface area contributed by atoms with E-state index in [2.05, 4.69) is 23.3 Å². The Labute approximate surface area is 90.1 Å². The van der Waals surface area contributed by atoms with Crippen molar-refractivity contribution in [3.63, 3.8) is 0 Å². The third kappa shape index (κ3) is 2.64. The first kappa shape index (κ1) is 10.9. The van der Waals surface area contributed by atoms with Gasteiger partial charge < -0.3 is 5.32 Å². The van der Waals surface area contributed by atoms with Crippen LogP contribution in [0.3, 0.4) is 0 Å². The molecule has 3 heteroatoms. The molecule has 1 aromatic carbocycles.